The molecule has 0 aromatic heterocycles. The van der Waals surface area contributed by atoms with E-state index in [-0.39, 0.29) is 5.91 Å². The van der Waals surface area contributed by atoms with Gasteiger partial charge in [0, 0.05) is 24.3 Å². The molecule has 1 aromatic carbocycles. The van der Waals surface area contributed by atoms with Gasteiger partial charge in [0.1, 0.15) is 6.17 Å². The van der Waals surface area contributed by atoms with Gasteiger partial charge in [0.25, 0.3) is 5.91 Å². The van der Waals surface area contributed by atoms with Crippen LogP contribution in [-0.4, -0.2) is 36.1 Å². The van der Waals surface area contributed by atoms with Crippen molar-refractivity contribution in [2.75, 3.05) is 20.3 Å². The summed E-state index contributed by atoms with van der Waals surface area (Å²) >= 11 is 23.4. The minimum atomic E-state index is -1.67. The molecule has 118 valence electrons. The highest BCUT2D eigenvalue weighted by Crippen LogP contribution is 2.29. The Labute approximate surface area is 144 Å². The number of ether oxygens (including phenoxy) is 1. The van der Waals surface area contributed by atoms with Crippen LogP contribution < -0.4 is 10.6 Å². The monoisotopic (exact) mass is 372 g/mol. The van der Waals surface area contributed by atoms with E-state index in [4.69, 9.17) is 51.1 Å². The van der Waals surface area contributed by atoms with E-state index < -0.39 is 9.96 Å². The molecule has 0 spiro atoms. The Kier molecular flexibility index (Phi) is 8.09. The average molecular weight is 374 g/mol. The van der Waals surface area contributed by atoms with Crippen molar-refractivity contribution in [3.63, 3.8) is 0 Å². The van der Waals surface area contributed by atoms with Gasteiger partial charge in [0.05, 0.1) is 0 Å². The molecule has 1 rings (SSSR count). The van der Waals surface area contributed by atoms with Gasteiger partial charge in [-0.25, -0.2) is 0 Å². The Balaban J connectivity index is 2.63. The molecule has 0 aliphatic heterocycles. The Bertz CT molecular complexity index is 448. The summed E-state index contributed by atoms with van der Waals surface area (Å²) in [5, 5.41) is 6.16. The summed E-state index contributed by atoms with van der Waals surface area (Å²) in [5.74, 6) is -0.359. The van der Waals surface area contributed by atoms with Crippen molar-refractivity contribution in [2.45, 2.75) is 16.4 Å². The number of carbonyl (C=O) groups excluding carboxylic acids is 1. The largest absolute Gasteiger partial charge is 0.385 e. The van der Waals surface area contributed by atoms with Crippen LogP contribution in [0, 0.1) is 0 Å². The molecule has 0 radical (unpaired) electrons. The molecule has 0 aliphatic rings. The van der Waals surface area contributed by atoms with Crippen molar-refractivity contribution < 1.29 is 9.53 Å². The van der Waals surface area contributed by atoms with Crippen molar-refractivity contribution in [3.05, 3.63) is 34.9 Å². The van der Waals surface area contributed by atoms with Gasteiger partial charge in [-0.15, -0.1) is 0 Å². The van der Waals surface area contributed by atoms with Gasteiger partial charge in [0.2, 0.25) is 3.79 Å². The van der Waals surface area contributed by atoms with Crippen LogP contribution >= 0.6 is 46.4 Å². The molecular formula is C13H16Cl4N2O2. The van der Waals surface area contributed by atoms with E-state index >= 15 is 0 Å². The first-order valence-corrected chi connectivity index (χ1v) is 7.71. The first kappa shape index (κ1) is 18.8. The number of methoxy groups -OCH3 is 1. The second kappa shape index (κ2) is 9.03. The van der Waals surface area contributed by atoms with Gasteiger partial charge in [-0.3, -0.25) is 10.1 Å². The van der Waals surface area contributed by atoms with Crippen molar-refractivity contribution in [2.24, 2.45) is 0 Å². The molecule has 0 heterocycles. The predicted octanol–water partition coefficient (Wildman–Crippen LogP) is 3.39. The summed E-state index contributed by atoms with van der Waals surface area (Å²) in [6.45, 7) is 1.11. The zero-order valence-electron chi connectivity index (χ0n) is 11.3. The van der Waals surface area contributed by atoms with Crippen LogP contribution in [0.25, 0.3) is 0 Å². The summed E-state index contributed by atoms with van der Waals surface area (Å²) in [6, 6.07) is 6.43. The van der Waals surface area contributed by atoms with Crippen LogP contribution in [-0.2, 0) is 4.74 Å². The van der Waals surface area contributed by atoms with Gasteiger partial charge in [-0.05, 0) is 37.2 Å². The fourth-order valence-electron chi connectivity index (χ4n) is 1.53. The quantitative estimate of drug-likeness (QED) is 0.437. The topological polar surface area (TPSA) is 50.4 Å². The van der Waals surface area contributed by atoms with Crippen molar-refractivity contribution >= 4 is 52.3 Å². The van der Waals surface area contributed by atoms with E-state index in [1.807, 2.05) is 0 Å². The van der Waals surface area contributed by atoms with Crippen LogP contribution in [0.3, 0.4) is 0 Å². The van der Waals surface area contributed by atoms with Crippen LogP contribution in [0.5, 0.6) is 0 Å². The third kappa shape index (κ3) is 7.04. The number of carbonyl (C=O) groups is 1. The Morgan fingerprint density at radius 3 is 2.43 bits per heavy atom. The molecule has 0 aliphatic carbocycles. The van der Waals surface area contributed by atoms with Gasteiger partial charge >= 0.3 is 0 Å². The molecule has 21 heavy (non-hydrogen) atoms. The van der Waals surface area contributed by atoms with Crippen LogP contribution in [0.4, 0.5) is 0 Å². The van der Waals surface area contributed by atoms with Crippen molar-refractivity contribution in [1.29, 1.82) is 0 Å². The molecule has 0 unspecified atom stereocenters. The molecule has 8 heteroatoms. The third-order valence-electron chi connectivity index (χ3n) is 2.58. The van der Waals surface area contributed by atoms with Gasteiger partial charge in [0.15, 0.2) is 0 Å². The minimum absolute atomic E-state index is 0.359. The third-order valence-corrected chi connectivity index (χ3v) is 3.49. The number of nitrogens with one attached hydrogen (secondary N) is 2. The van der Waals surface area contributed by atoms with Gasteiger partial charge < -0.3 is 10.1 Å². The highest BCUT2D eigenvalue weighted by Gasteiger charge is 2.33. The molecular weight excluding hydrogens is 358 g/mol. The lowest BCUT2D eigenvalue weighted by Gasteiger charge is -2.26. The van der Waals surface area contributed by atoms with Crippen molar-refractivity contribution in [1.82, 2.24) is 10.6 Å². The van der Waals surface area contributed by atoms with E-state index in [0.29, 0.717) is 23.7 Å². The number of alkyl halides is 3. The van der Waals surface area contributed by atoms with Crippen LogP contribution in [0.15, 0.2) is 24.3 Å². The number of hydrogen-bond donors (Lipinski definition) is 2. The highest BCUT2D eigenvalue weighted by atomic mass is 35.6. The summed E-state index contributed by atoms with van der Waals surface area (Å²) in [6.07, 6.45) is -0.0903. The van der Waals surface area contributed by atoms with Crippen molar-refractivity contribution in [3.8, 4) is 0 Å². The normalized spacial score (nSPS) is 13.0. The predicted molar refractivity (Wildman–Crippen MR) is 87.5 cm³/mol. The van der Waals surface area contributed by atoms with Gasteiger partial charge in [-0.1, -0.05) is 46.4 Å². The number of benzene rings is 1. The smallest absolute Gasteiger partial charge is 0.252 e. The summed E-state index contributed by atoms with van der Waals surface area (Å²) in [4.78, 5) is 12.1. The molecule has 1 atom stereocenters. The Morgan fingerprint density at radius 1 is 1.29 bits per heavy atom. The lowest BCUT2D eigenvalue weighted by molar-refractivity contribution is 0.0929. The number of hydrogen-bond acceptors (Lipinski definition) is 3. The number of rotatable bonds is 7. The maximum Gasteiger partial charge on any atom is 0.252 e. The summed E-state index contributed by atoms with van der Waals surface area (Å²) in [7, 11) is 1.61. The highest BCUT2D eigenvalue weighted by molar-refractivity contribution is 6.68. The fourth-order valence-corrected chi connectivity index (χ4v) is 2.05. The minimum Gasteiger partial charge on any atom is -0.385 e. The van der Waals surface area contributed by atoms with E-state index in [9.17, 15) is 4.79 Å². The standard InChI is InChI=1S/C13H16Cl4N2O2/c1-21-8-2-7-18-12(13(15,16)17)19-11(20)9-3-5-10(14)6-4-9/h3-6,12,18H,2,7-8H2,1H3,(H,19,20)/t12-/m0/s1. The van der Waals surface area contributed by atoms with E-state index in [1.165, 1.54) is 0 Å². The Hall–Kier alpha value is -0.230. The van der Waals surface area contributed by atoms with E-state index in [0.717, 1.165) is 6.42 Å². The maximum atomic E-state index is 12.1. The first-order valence-electron chi connectivity index (χ1n) is 6.20. The lowest BCUT2D eigenvalue weighted by atomic mass is 10.2. The zero-order chi connectivity index (χ0) is 15.9. The average Bonchev–Trinajstić information content (AvgIpc) is 2.41. The Morgan fingerprint density at radius 2 is 1.90 bits per heavy atom. The molecule has 0 bridgehead atoms. The first-order chi connectivity index (χ1) is 9.84. The summed E-state index contributed by atoms with van der Waals surface area (Å²) in [5.41, 5.74) is 0.428. The molecule has 2 N–H and O–H groups in total. The van der Waals surface area contributed by atoms with Crippen LogP contribution in [0.1, 0.15) is 16.8 Å². The second-order valence-electron chi connectivity index (χ2n) is 4.26. The molecule has 1 aromatic rings. The zero-order valence-corrected chi connectivity index (χ0v) is 14.4. The molecule has 0 saturated heterocycles. The SMILES string of the molecule is COCCCN[C@@H](NC(=O)c1ccc(Cl)cc1)C(Cl)(Cl)Cl. The molecule has 0 fully saturated rings. The maximum absolute atomic E-state index is 12.1. The molecule has 4 nitrogen and oxygen atoms in total. The number of halogens is 4. The molecule has 1 amide bonds. The van der Waals surface area contributed by atoms with Crippen LogP contribution in [0.2, 0.25) is 5.02 Å². The van der Waals surface area contributed by atoms with E-state index in [2.05, 4.69) is 10.6 Å². The second-order valence-corrected chi connectivity index (χ2v) is 7.06. The van der Waals surface area contributed by atoms with E-state index in [1.54, 1.807) is 31.4 Å². The lowest BCUT2D eigenvalue weighted by Crippen LogP contribution is -2.53. The molecule has 0 saturated carbocycles. The van der Waals surface area contributed by atoms with Gasteiger partial charge in [-0.2, -0.15) is 0 Å². The number of amides is 1. The summed E-state index contributed by atoms with van der Waals surface area (Å²) < 4.78 is 3.26. The fraction of sp³-hybridized carbons (Fsp3) is 0.462.